The van der Waals surface area contributed by atoms with Crippen LogP contribution in [0.2, 0.25) is 0 Å². The highest BCUT2D eigenvalue weighted by Gasteiger charge is 2.08. The van der Waals surface area contributed by atoms with E-state index in [0.29, 0.717) is 30.7 Å². The van der Waals surface area contributed by atoms with Crippen LogP contribution in [0.4, 0.5) is 4.39 Å². The van der Waals surface area contributed by atoms with Crippen LogP contribution >= 0.6 is 0 Å². The van der Waals surface area contributed by atoms with Gasteiger partial charge in [-0.1, -0.05) is 0 Å². The van der Waals surface area contributed by atoms with Gasteiger partial charge in [-0.25, -0.2) is 14.4 Å². The van der Waals surface area contributed by atoms with E-state index in [0.717, 1.165) is 18.0 Å². The lowest BCUT2D eigenvalue weighted by molar-refractivity contribution is 0.223. The zero-order valence-electron chi connectivity index (χ0n) is 15.1. The third-order valence-corrected chi connectivity index (χ3v) is 3.50. The molecule has 1 aromatic carbocycles. The number of aromatic nitrogens is 1. The Kier molecular flexibility index (Phi) is 6.80. The highest BCUT2D eigenvalue weighted by atomic mass is 19.1. The molecule has 136 valence electrons. The van der Waals surface area contributed by atoms with Crippen molar-refractivity contribution in [1.29, 1.82) is 0 Å². The van der Waals surface area contributed by atoms with Crippen molar-refractivity contribution < 1.29 is 13.5 Å². The number of benzene rings is 1. The summed E-state index contributed by atoms with van der Waals surface area (Å²) in [5.74, 6) is 2.40. The highest BCUT2D eigenvalue weighted by molar-refractivity contribution is 5.79. The van der Waals surface area contributed by atoms with Crippen molar-refractivity contribution >= 4 is 5.96 Å². The van der Waals surface area contributed by atoms with Crippen molar-refractivity contribution in [3.63, 3.8) is 0 Å². The lowest BCUT2D eigenvalue weighted by atomic mass is 10.3. The molecule has 2 rings (SSSR count). The molecule has 0 amide bonds. The van der Waals surface area contributed by atoms with Crippen LogP contribution in [0.3, 0.4) is 0 Å². The number of halogens is 1. The molecular formula is C18H25FN4O2. The molecule has 0 saturated heterocycles. The Hall–Kier alpha value is -2.57. The van der Waals surface area contributed by atoms with Gasteiger partial charge in [-0.2, -0.15) is 0 Å². The van der Waals surface area contributed by atoms with Crippen molar-refractivity contribution in [2.75, 3.05) is 13.1 Å². The van der Waals surface area contributed by atoms with Crippen LogP contribution < -0.4 is 15.4 Å². The summed E-state index contributed by atoms with van der Waals surface area (Å²) >= 11 is 0. The van der Waals surface area contributed by atoms with Crippen LogP contribution in [0.15, 0.2) is 33.7 Å². The second-order valence-corrected chi connectivity index (χ2v) is 5.71. The molecule has 1 atom stereocenters. The van der Waals surface area contributed by atoms with Gasteiger partial charge in [-0.15, -0.1) is 0 Å². The molecule has 1 heterocycles. The van der Waals surface area contributed by atoms with Crippen LogP contribution in [0, 0.1) is 19.7 Å². The minimum atomic E-state index is -0.281. The summed E-state index contributed by atoms with van der Waals surface area (Å²) in [6, 6.07) is 5.97. The molecule has 7 heteroatoms. The van der Waals surface area contributed by atoms with E-state index in [1.807, 2.05) is 27.7 Å². The lowest BCUT2D eigenvalue weighted by Crippen LogP contribution is -2.41. The number of hydrogen-bond donors (Lipinski definition) is 2. The lowest BCUT2D eigenvalue weighted by Gasteiger charge is -2.17. The number of aryl methyl sites for hydroxylation is 2. The molecule has 0 saturated carbocycles. The number of oxazole rings is 1. The molecule has 0 fully saturated rings. The monoisotopic (exact) mass is 348 g/mol. The first-order valence-corrected chi connectivity index (χ1v) is 8.35. The van der Waals surface area contributed by atoms with Crippen molar-refractivity contribution in [3.8, 4) is 5.75 Å². The molecule has 0 aliphatic carbocycles. The molecule has 2 N–H and O–H groups in total. The van der Waals surface area contributed by atoms with E-state index < -0.39 is 0 Å². The maximum Gasteiger partial charge on any atom is 0.216 e. The molecule has 2 aromatic rings. The summed E-state index contributed by atoms with van der Waals surface area (Å²) in [6.45, 7) is 9.36. The van der Waals surface area contributed by atoms with Gasteiger partial charge < -0.3 is 19.8 Å². The number of rotatable bonds is 7. The maximum absolute atomic E-state index is 12.9. The summed E-state index contributed by atoms with van der Waals surface area (Å²) in [6.07, 6.45) is -0.111. The summed E-state index contributed by atoms with van der Waals surface area (Å²) in [5.41, 5.74) is 0.879. The Bertz CT molecular complexity index is 678. The molecule has 1 aromatic heterocycles. The fourth-order valence-corrected chi connectivity index (χ4v) is 2.12. The fraction of sp³-hybridized carbons (Fsp3) is 0.444. The van der Waals surface area contributed by atoms with Crippen LogP contribution in [-0.2, 0) is 6.54 Å². The first-order valence-electron chi connectivity index (χ1n) is 8.35. The van der Waals surface area contributed by atoms with Gasteiger partial charge >= 0.3 is 0 Å². The maximum atomic E-state index is 12.9. The molecule has 0 radical (unpaired) electrons. The summed E-state index contributed by atoms with van der Waals surface area (Å²) in [4.78, 5) is 8.78. The van der Waals surface area contributed by atoms with E-state index in [4.69, 9.17) is 9.15 Å². The average Bonchev–Trinajstić information content (AvgIpc) is 2.90. The van der Waals surface area contributed by atoms with Gasteiger partial charge in [0.2, 0.25) is 5.89 Å². The smallest absolute Gasteiger partial charge is 0.216 e. The Morgan fingerprint density at radius 2 is 2.00 bits per heavy atom. The quantitative estimate of drug-likeness (QED) is 0.595. The van der Waals surface area contributed by atoms with Gasteiger partial charge in [0.1, 0.15) is 30.0 Å². The highest BCUT2D eigenvalue weighted by Crippen LogP contribution is 2.12. The van der Waals surface area contributed by atoms with E-state index in [-0.39, 0.29) is 11.9 Å². The molecule has 0 aliphatic heterocycles. The fourth-order valence-electron chi connectivity index (χ4n) is 2.12. The third-order valence-electron chi connectivity index (χ3n) is 3.50. The Morgan fingerprint density at radius 3 is 2.60 bits per heavy atom. The Labute approximate surface area is 147 Å². The first-order chi connectivity index (χ1) is 12.0. The zero-order valence-corrected chi connectivity index (χ0v) is 15.1. The van der Waals surface area contributed by atoms with Crippen LogP contribution in [0.5, 0.6) is 5.75 Å². The van der Waals surface area contributed by atoms with E-state index in [1.165, 1.54) is 12.1 Å². The number of aliphatic imine (C=N–C) groups is 1. The molecule has 1 unspecified atom stereocenters. The number of nitrogens with one attached hydrogen (secondary N) is 2. The minimum Gasteiger partial charge on any atom is -0.489 e. The van der Waals surface area contributed by atoms with Gasteiger partial charge in [0.05, 0.1) is 12.2 Å². The largest absolute Gasteiger partial charge is 0.489 e. The van der Waals surface area contributed by atoms with Gasteiger partial charge in [-0.05, 0) is 52.0 Å². The number of guanidine groups is 1. The van der Waals surface area contributed by atoms with Gasteiger partial charge in [0.25, 0.3) is 0 Å². The molecule has 0 spiro atoms. The minimum absolute atomic E-state index is 0.111. The first kappa shape index (κ1) is 18.8. The standard InChI is InChI=1S/C18H25FN4O2/c1-5-20-18(22-11-17-23-13(3)14(4)25-17)21-10-12(2)24-16-8-6-15(19)7-9-16/h6-9,12H,5,10-11H2,1-4H3,(H2,20,21,22). The molecular weight excluding hydrogens is 323 g/mol. The summed E-state index contributed by atoms with van der Waals surface area (Å²) < 4.78 is 24.2. The SMILES string of the molecule is CCNC(=NCc1nc(C)c(C)o1)NCC(C)Oc1ccc(F)cc1. The second kappa shape index (κ2) is 9.05. The average molecular weight is 348 g/mol. The number of ether oxygens (including phenoxy) is 1. The number of nitrogens with zero attached hydrogens (tertiary/aromatic N) is 2. The van der Waals surface area contributed by atoms with E-state index in [1.54, 1.807) is 12.1 Å². The van der Waals surface area contributed by atoms with E-state index in [2.05, 4.69) is 20.6 Å². The Morgan fingerprint density at radius 1 is 1.28 bits per heavy atom. The van der Waals surface area contributed by atoms with Crippen molar-refractivity contribution in [2.24, 2.45) is 4.99 Å². The van der Waals surface area contributed by atoms with E-state index >= 15 is 0 Å². The van der Waals surface area contributed by atoms with Crippen LogP contribution in [0.1, 0.15) is 31.2 Å². The van der Waals surface area contributed by atoms with E-state index in [9.17, 15) is 4.39 Å². The van der Waals surface area contributed by atoms with Crippen molar-refractivity contribution in [3.05, 3.63) is 47.4 Å². The molecule has 0 bridgehead atoms. The van der Waals surface area contributed by atoms with Crippen LogP contribution in [0.25, 0.3) is 0 Å². The second-order valence-electron chi connectivity index (χ2n) is 5.71. The predicted octanol–water partition coefficient (Wildman–Crippen LogP) is 2.95. The third kappa shape index (κ3) is 6.10. The molecule has 6 nitrogen and oxygen atoms in total. The topological polar surface area (TPSA) is 71.7 Å². The number of hydrogen-bond acceptors (Lipinski definition) is 4. The molecule has 25 heavy (non-hydrogen) atoms. The normalized spacial score (nSPS) is 12.8. The molecule has 0 aliphatic rings. The van der Waals surface area contributed by atoms with Crippen molar-refractivity contribution in [2.45, 2.75) is 40.3 Å². The van der Waals surface area contributed by atoms with Crippen molar-refractivity contribution in [1.82, 2.24) is 15.6 Å². The Balaban J connectivity index is 1.87. The summed E-state index contributed by atoms with van der Waals surface area (Å²) in [5, 5.41) is 6.38. The zero-order chi connectivity index (χ0) is 18.2. The van der Waals surface area contributed by atoms with Crippen LogP contribution in [-0.4, -0.2) is 30.1 Å². The predicted molar refractivity (Wildman–Crippen MR) is 95.3 cm³/mol. The van der Waals surface area contributed by atoms with Gasteiger partial charge in [-0.3, -0.25) is 0 Å². The van der Waals surface area contributed by atoms with Gasteiger partial charge in [0.15, 0.2) is 5.96 Å². The van der Waals surface area contributed by atoms with Gasteiger partial charge in [0, 0.05) is 6.54 Å². The summed E-state index contributed by atoms with van der Waals surface area (Å²) in [7, 11) is 0.